The minimum Gasteiger partial charge on any atom is -0.505 e. The molecule has 4 rings (SSSR count). The molecule has 1 N–H and O–H groups in total. The molecule has 6 nitrogen and oxygen atoms in total. The zero-order valence-corrected chi connectivity index (χ0v) is 16.5. The van der Waals surface area contributed by atoms with E-state index in [-0.39, 0.29) is 35.7 Å². The van der Waals surface area contributed by atoms with Crippen LogP contribution in [-0.4, -0.2) is 35.0 Å². The first-order valence-electron chi connectivity index (χ1n) is 9.26. The van der Waals surface area contributed by atoms with E-state index in [9.17, 15) is 14.7 Å². The molecule has 1 fully saturated rings. The van der Waals surface area contributed by atoms with Crippen molar-refractivity contribution in [3.63, 3.8) is 0 Å². The number of methoxy groups -OCH3 is 1. The Morgan fingerprint density at radius 1 is 1.10 bits per heavy atom. The number of alkyl halides is 1. The molecular formula is C22H19ClN2O4. The molecular weight excluding hydrogens is 392 g/mol. The van der Waals surface area contributed by atoms with E-state index in [1.54, 1.807) is 30.2 Å². The zero-order valence-electron chi connectivity index (χ0n) is 15.8. The number of anilines is 2. The SMILES string of the molecule is COc1ccc(N2c3ccccc3N=C(C(O)=C3C(=O)CCCC3=O)C2Cl)cc1. The van der Waals surface area contributed by atoms with Gasteiger partial charge in [-0.05, 0) is 42.8 Å². The number of halogens is 1. The summed E-state index contributed by atoms with van der Waals surface area (Å²) in [6.45, 7) is 0. The molecule has 1 aliphatic carbocycles. The van der Waals surface area contributed by atoms with Crippen LogP contribution in [-0.2, 0) is 9.59 Å². The highest BCUT2D eigenvalue weighted by atomic mass is 35.5. The molecule has 1 saturated carbocycles. The summed E-state index contributed by atoms with van der Waals surface area (Å²) in [6.07, 6.45) is 0.945. The molecule has 0 bridgehead atoms. The summed E-state index contributed by atoms with van der Waals surface area (Å²) >= 11 is 6.74. The maximum absolute atomic E-state index is 12.3. The zero-order chi connectivity index (χ0) is 20.5. The fourth-order valence-corrected chi connectivity index (χ4v) is 3.95. The van der Waals surface area contributed by atoms with Crippen LogP contribution in [0.15, 0.2) is 64.9 Å². The van der Waals surface area contributed by atoms with Gasteiger partial charge in [-0.3, -0.25) is 9.59 Å². The third kappa shape index (κ3) is 3.40. The maximum atomic E-state index is 12.3. The second-order valence-electron chi connectivity index (χ2n) is 6.81. The number of para-hydroxylation sites is 2. The number of hydrogen-bond donors (Lipinski definition) is 1. The Hall–Kier alpha value is -3.12. The predicted molar refractivity (Wildman–Crippen MR) is 112 cm³/mol. The number of allylic oxidation sites excluding steroid dienone is 1. The van der Waals surface area contributed by atoms with E-state index in [1.807, 2.05) is 30.3 Å². The molecule has 0 amide bonds. The number of nitrogens with zero attached hydrogens (tertiary/aromatic N) is 2. The molecule has 0 aromatic heterocycles. The smallest absolute Gasteiger partial charge is 0.170 e. The van der Waals surface area contributed by atoms with Crippen LogP contribution in [0.25, 0.3) is 0 Å². The van der Waals surface area contributed by atoms with Crippen molar-refractivity contribution in [2.45, 2.75) is 24.8 Å². The third-order valence-electron chi connectivity index (χ3n) is 5.03. The highest BCUT2D eigenvalue weighted by Crippen LogP contribution is 2.42. The van der Waals surface area contributed by atoms with Crippen LogP contribution in [0.5, 0.6) is 5.75 Å². The number of fused-ring (bicyclic) bond motifs is 1. The number of benzene rings is 2. The van der Waals surface area contributed by atoms with Crippen molar-refractivity contribution < 1.29 is 19.4 Å². The van der Waals surface area contributed by atoms with Crippen molar-refractivity contribution >= 4 is 45.9 Å². The molecule has 1 aliphatic heterocycles. The largest absolute Gasteiger partial charge is 0.505 e. The number of aliphatic hydroxyl groups excluding tert-OH is 1. The minimum atomic E-state index is -0.909. The van der Waals surface area contributed by atoms with Crippen LogP contribution < -0.4 is 9.64 Å². The Balaban J connectivity index is 1.85. The first kappa shape index (κ1) is 19.2. The van der Waals surface area contributed by atoms with E-state index in [0.29, 0.717) is 17.9 Å². The molecule has 7 heteroatoms. The second kappa shape index (κ2) is 7.72. The fourth-order valence-electron chi connectivity index (χ4n) is 3.58. The third-order valence-corrected chi connectivity index (χ3v) is 5.43. The number of aliphatic hydroxyl groups is 1. The first-order valence-corrected chi connectivity index (χ1v) is 9.70. The number of rotatable bonds is 3. The van der Waals surface area contributed by atoms with E-state index in [4.69, 9.17) is 16.3 Å². The number of ketones is 2. The molecule has 0 radical (unpaired) electrons. The van der Waals surface area contributed by atoms with Crippen molar-refractivity contribution in [1.29, 1.82) is 0 Å². The number of ether oxygens (including phenoxy) is 1. The van der Waals surface area contributed by atoms with Gasteiger partial charge >= 0.3 is 0 Å². The summed E-state index contributed by atoms with van der Waals surface area (Å²) in [6, 6.07) is 14.6. The van der Waals surface area contributed by atoms with Crippen LogP contribution in [0.4, 0.5) is 17.1 Å². The lowest BCUT2D eigenvalue weighted by Gasteiger charge is -2.35. The van der Waals surface area contributed by atoms with Crippen LogP contribution >= 0.6 is 11.6 Å². The van der Waals surface area contributed by atoms with Crippen molar-refractivity contribution in [3.8, 4) is 5.75 Å². The van der Waals surface area contributed by atoms with E-state index in [2.05, 4.69) is 4.99 Å². The predicted octanol–water partition coefficient (Wildman–Crippen LogP) is 4.62. The van der Waals surface area contributed by atoms with Crippen LogP contribution in [0.3, 0.4) is 0 Å². The van der Waals surface area contributed by atoms with Gasteiger partial charge in [0.05, 0.1) is 18.5 Å². The Labute approximate surface area is 173 Å². The lowest BCUT2D eigenvalue weighted by atomic mass is 9.90. The Kier molecular flexibility index (Phi) is 5.11. The average molecular weight is 411 g/mol. The van der Waals surface area contributed by atoms with Crippen molar-refractivity contribution in [3.05, 3.63) is 59.9 Å². The number of hydrogen-bond acceptors (Lipinski definition) is 6. The second-order valence-corrected chi connectivity index (χ2v) is 7.23. The normalized spacial score (nSPS) is 19.0. The molecule has 2 aromatic rings. The summed E-state index contributed by atoms with van der Waals surface area (Å²) < 4.78 is 5.22. The fraction of sp³-hybridized carbons (Fsp3) is 0.227. The van der Waals surface area contributed by atoms with Crippen molar-refractivity contribution in [2.24, 2.45) is 4.99 Å². The highest BCUT2D eigenvalue weighted by Gasteiger charge is 2.36. The Morgan fingerprint density at radius 2 is 1.76 bits per heavy atom. The van der Waals surface area contributed by atoms with Gasteiger partial charge in [0, 0.05) is 18.5 Å². The molecule has 1 atom stereocenters. The number of Topliss-reactive ketones (excluding diaryl/α,β-unsaturated/α-hetero) is 2. The van der Waals surface area contributed by atoms with Crippen LogP contribution in [0.1, 0.15) is 19.3 Å². The van der Waals surface area contributed by atoms with Gasteiger partial charge in [0.25, 0.3) is 0 Å². The summed E-state index contributed by atoms with van der Waals surface area (Å²) in [5.74, 6) is -0.490. The number of aliphatic imine (C=N–C) groups is 1. The molecule has 29 heavy (non-hydrogen) atoms. The van der Waals surface area contributed by atoms with Gasteiger partial charge in [-0.2, -0.15) is 0 Å². The Morgan fingerprint density at radius 3 is 2.41 bits per heavy atom. The molecule has 2 aromatic carbocycles. The van der Waals surface area contributed by atoms with Gasteiger partial charge < -0.3 is 14.7 Å². The van der Waals surface area contributed by atoms with Crippen LogP contribution in [0.2, 0.25) is 0 Å². The quantitative estimate of drug-likeness (QED) is 0.262. The first-order chi connectivity index (χ1) is 14.0. The highest BCUT2D eigenvalue weighted by molar-refractivity contribution is 6.39. The number of carbonyl (C=O) groups is 2. The van der Waals surface area contributed by atoms with Crippen molar-refractivity contribution in [1.82, 2.24) is 0 Å². The Bertz CT molecular complexity index is 1030. The van der Waals surface area contributed by atoms with Crippen LogP contribution in [0, 0.1) is 0 Å². The molecule has 1 heterocycles. The topological polar surface area (TPSA) is 79.2 Å². The summed E-state index contributed by atoms with van der Waals surface area (Å²) in [5, 5.41) is 10.9. The van der Waals surface area contributed by atoms with E-state index in [0.717, 1.165) is 11.4 Å². The van der Waals surface area contributed by atoms with Gasteiger partial charge in [-0.15, -0.1) is 0 Å². The van der Waals surface area contributed by atoms with E-state index in [1.165, 1.54) is 0 Å². The van der Waals surface area contributed by atoms with E-state index < -0.39 is 11.3 Å². The van der Waals surface area contributed by atoms with Crippen molar-refractivity contribution in [2.75, 3.05) is 12.0 Å². The number of carbonyl (C=O) groups excluding carboxylic acids is 2. The molecule has 1 unspecified atom stereocenters. The lowest BCUT2D eigenvalue weighted by molar-refractivity contribution is -0.124. The average Bonchev–Trinajstić information content (AvgIpc) is 2.73. The summed E-state index contributed by atoms with van der Waals surface area (Å²) in [7, 11) is 1.59. The lowest BCUT2D eigenvalue weighted by Crippen LogP contribution is -2.38. The summed E-state index contributed by atoms with van der Waals surface area (Å²) in [5.41, 5.74) is 1.06. The van der Waals surface area contributed by atoms with Gasteiger partial charge in [-0.1, -0.05) is 23.7 Å². The molecule has 0 spiro atoms. The summed E-state index contributed by atoms with van der Waals surface area (Å²) in [4.78, 5) is 30.9. The van der Waals surface area contributed by atoms with Gasteiger partial charge in [0.15, 0.2) is 22.8 Å². The van der Waals surface area contributed by atoms with Gasteiger partial charge in [-0.25, -0.2) is 4.99 Å². The molecule has 0 saturated heterocycles. The standard InChI is InChI=1S/C22H19ClN2O4/c1-29-14-11-9-13(10-12-14)25-16-6-3-2-5-15(16)24-20(22(25)23)21(28)19-17(26)7-4-8-18(19)27/h2-3,5-6,9-12,22,28H,4,7-8H2,1H3. The molecule has 148 valence electrons. The van der Waals surface area contributed by atoms with E-state index >= 15 is 0 Å². The maximum Gasteiger partial charge on any atom is 0.170 e. The van der Waals surface area contributed by atoms with Gasteiger partial charge in [0.1, 0.15) is 17.0 Å². The minimum absolute atomic E-state index is 0.0831. The van der Waals surface area contributed by atoms with Gasteiger partial charge in [0.2, 0.25) is 0 Å². The monoisotopic (exact) mass is 410 g/mol. The molecule has 2 aliphatic rings.